The van der Waals surface area contributed by atoms with Crippen molar-refractivity contribution in [2.45, 2.75) is 157 Å². The van der Waals surface area contributed by atoms with E-state index < -0.39 is 11.9 Å². The lowest BCUT2D eigenvalue weighted by Crippen LogP contribution is -2.67. The molecule has 0 bridgehead atoms. The first kappa shape index (κ1) is 37.1. The minimum Gasteiger partial charge on any atom is -0.481 e. The summed E-state index contributed by atoms with van der Waals surface area (Å²) in [5.41, 5.74) is 0.406. The van der Waals surface area contributed by atoms with Crippen LogP contribution in [0.4, 0.5) is 0 Å². The zero-order valence-corrected chi connectivity index (χ0v) is 30.9. The predicted molar refractivity (Wildman–Crippen MR) is 183 cm³/mol. The molecule has 0 unspecified atom stereocenters. The van der Waals surface area contributed by atoms with Crippen molar-refractivity contribution in [2.75, 3.05) is 6.61 Å². The Morgan fingerprint density at radius 3 is 1.96 bits per heavy atom. The SMILES string of the molecule is CC(C)[C@@H]1CC[C@]2(COC(=O)CCCC(=O)O)CC[C@]3(C)[C@H](CC[C@@H]4[C@@]5(C)CC[C@H](OC(=O)CCCC(=O)O)C(C)(C)[C@@H]5CC[C@]43C)[C@@H]12. The Balaban J connectivity index is 1.34. The molecule has 5 fully saturated rings. The van der Waals surface area contributed by atoms with Crippen LogP contribution in [0.25, 0.3) is 0 Å². The molecule has 0 aromatic carbocycles. The molecular weight excluding hydrogens is 608 g/mol. The molecule has 5 aliphatic rings. The summed E-state index contributed by atoms with van der Waals surface area (Å²) in [5.74, 6) is 1.08. The zero-order valence-electron chi connectivity index (χ0n) is 30.9. The molecule has 5 aliphatic carbocycles. The molecule has 0 aromatic heterocycles. The Labute approximate surface area is 288 Å². The van der Waals surface area contributed by atoms with Crippen LogP contribution in [0.3, 0.4) is 0 Å². The van der Waals surface area contributed by atoms with Gasteiger partial charge in [0.15, 0.2) is 0 Å². The average molecular weight is 673 g/mol. The molecule has 0 aliphatic heterocycles. The minimum absolute atomic E-state index is 0.00414. The van der Waals surface area contributed by atoms with E-state index in [1.807, 2.05) is 0 Å². The van der Waals surface area contributed by atoms with Crippen LogP contribution in [0.2, 0.25) is 0 Å². The number of esters is 2. The maximum atomic E-state index is 12.8. The molecule has 0 radical (unpaired) electrons. The van der Waals surface area contributed by atoms with E-state index in [2.05, 4.69) is 48.5 Å². The smallest absolute Gasteiger partial charge is 0.306 e. The number of carbonyl (C=O) groups is 4. The third-order valence-corrected chi connectivity index (χ3v) is 15.8. The number of carboxylic acid groups (broad SMARTS) is 2. The molecule has 8 heteroatoms. The first-order valence-electron chi connectivity index (χ1n) is 19.2. The largest absolute Gasteiger partial charge is 0.481 e. The lowest BCUT2D eigenvalue weighted by atomic mass is 9.32. The maximum Gasteiger partial charge on any atom is 0.306 e. The molecule has 272 valence electrons. The van der Waals surface area contributed by atoms with Crippen LogP contribution in [0.1, 0.15) is 151 Å². The number of ether oxygens (including phenoxy) is 2. The molecule has 8 nitrogen and oxygen atoms in total. The van der Waals surface area contributed by atoms with Crippen molar-refractivity contribution in [3.8, 4) is 0 Å². The minimum atomic E-state index is -0.880. The Hall–Kier alpha value is -2.12. The maximum absolute atomic E-state index is 12.8. The summed E-state index contributed by atoms with van der Waals surface area (Å²) in [6.07, 6.45) is 12.0. The first-order chi connectivity index (χ1) is 22.4. The van der Waals surface area contributed by atoms with Crippen molar-refractivity contribution in [1.29, 1.82) is 0 Å². The monoisotopic (exact) mass is 672 g/mol. The molecule has 48 heavy (non-hydrogen) atoms. The molecule has 0 saturated heterocycles. The van der Waals surface area contributed by atoms with Crippen LogP contribution in [-0.2, 0) is 28.7 Å². The Morgan fingerprint density at radius 1 is 0.688 bits per heavy atom. The highest BCUT2D eigenvalue weighted by atomic mass is 16.5. The Kier molecular flexibility index (Phi) is 10.5. The second-order valence-corrected chi connectivity index (χ2v) is 18.5. The Bertz CT molecular complexity index is 1240. The summed E-state index contributed by atoms with van der Waals surface area (Å²) in [4.78, 5) is 47.5. The van der Waals surface area contributed by atoms with Crippen LogP contribution in [0, 0.1) is 62.6 Å². The standard InChI is InChI=1S/C40H64O8/c1-25(2)26-16-21-40(24-47-33(45)12-8-10-31(41)42)23-22-38(6)27(35(26)40)14-15-29-37(5)19-18-30(48-34(46)13-9-11-32(43)44)36(3,4)28(37)17-20-39(29,38)7/h25-30,35H,8-24H2,1-7H3,(H,41,42)(H,43,44)/t26-,27+,28-,29+,30-,35+,37-,38+,39+,40+/m0/s1. The van der Waals surface area contributed by atoms with Gasteiger partial charge in [-0.25, -0.2) is 0 Å². The fourth-order valence-electron chi connectivity index (χ4n) is 13.3. The molecule has 5 rings (SSSR count). The third-order valence-electron chi connectivity index (χ3n) is 15.8. The number of hydrogen-bond donors (Lipinski definition) is 2. The number of fused-ring (bicyclic) bond motifs is 7. The summed E-state index contributed by atoms with van der Waals surface area (Å²) in [6, 6.07) is 0. The van der Waals surface area contributed by atoms with E-state index in [1.54, 1.807) is 0 Å². The molecular formula is C40H64O8. The van der Waals surface area contributed by atoms with Gasteiger partial charge in [0.05, 0.1) is 6.61 Å². The molecule has 0 heterocycles. The van der Waals surface area contributed by atoms with Gasteiger partial charge in [-0.3, -0.25) is 19.2 Å². The molecule has 0 spiro atoms. The van der Waals surface area contributed by atoms with Crippen molar-refractivity contribution in [3.63, 3.8) is 0 Å². The van der Waals surface area contributed by atoms with E-state index in [-0.39, 0.29) is 70.8 Å². The Morgan fingerprint density at radius 2 is 1.33 bits per heavy atom. The summed E-state index contributed by atoms with van der Waals surface area (Å²) >= 11 is 0. The van der Waals surface area contributed by atoms with Gasteiger partial charge in [-0.05, 0) is 129 Å². The number of hydrogen-bond acceptors (Lipinski definition) is 6. The van der Waals surface area contributed by atoms with Crippen molar-refractivity contribution in [3.05, 3.63) is 0 Å². The van der Waals surface area contributed by atoms with E-state index in [4.69, 9.17) is 19.7 Å². The van der Waals surface area contributed by atoms with Crippen LogP contribution in [0.5, 0.6) is 0 Å². The van der Waals surface area contributed by atoms with Crippen molar-refractivity contribution >= 4 is 23.9 Å². The second-order valence-electron chi connectivity index (χ2n) is 18.5. The molecule has 5 saturated carbocycles. The summed E-state index contributed by atoms with van der Waals surface area (Å²) < 4.78 is 12.1. The normalized spacial score (nSPS) is 41.3. The fourth-order valence-corrected chi connectivity index (χ4v) is 13.3. The molecule has 0 aromatic rings. The van der Waals surface area contributed by atoms with Crippen LogP contribution < -0.4 is 0 Å². The van der Waals surface area contributed by atoms with E-state index in [0.717, 1.165) is 38.5 Å². The van der Waals surface area contributed by atoms with E-state index >= 15 is 0 Å². The van der Waals surface area contributed by atoms with Gasteiger partial charge in [0.2, 0.25) is 0 Å². The van der Waals surface area contributed by atoms with Gasteiger partial charge >= 0.3 is 23.9 Å². The number of carbonyl (C=O) groups excluding carboxylic acids is 2. The first-order valence-corrected chi connectivity index (χ1v) is 19.2. The van der Waals surface area contributed by atoms with Gasteiger partial charge in [0, 0.05) is 36.5 Å². The van der Waals surface area contributed by atoms with Gasteiger partial charge in [-0.2, -0.15) is 0 Å². The fraction of sp³-hybridized carbons (Fsp3) is 0.900. The highest BCUT2D eigenvalue weighted by Gasteiger charge is 2.71. The topological polar surface area (TPSA) is 127 Å². The van der Waals surface area contributed by atoms with Gasteiger partial charge in [0.25, 0.3) is 0 Å². The summed E-state index contributed by atoms with van der Waals surface area (Å²) in [5, 5.41) is 18.0. The average Bonchev–Trinajstić information content (AvgIpc) is 3.38. The third kappa shape index (κ3) is 6.33. The predicted octanol–water partition coefficient (Wildman–Crippen LogP) is 8.69. The highest BCUT2D eigenvalue weighted by Crippen LogP contribution is 2.77. The molecule has 10 atom stereocenters. The van der Waals surface area contributed by atoms with Crippen LogP contribution in [-0.4, -0.2) is 46.8 Å². The quantitative estimate of drug-likeness (QED) is 0.197. The van der Waals surface area contributed by atoms with Crippen molar-refractivity contribution in [2.24, 2.45) is 62.6 Å². The van der Waals surface area contributed by atoms with Crippen molar-refractivity contribution in [1.82, 2.24) is 0 Å². The van der Waals surface area contributed by atoms with Gasteiger partial charge in [0.1, 0.15) is 6.10 Å². The van der Waals surface area contributed by atoms with E-state index in [1.165, 1.54) is 25.7 Å². The highest BCUT2D eigenvalue weighted by molar-refractivity contribution is 5.72. The molecule has 0 amide bonds. The van der Waals surface area contributed by atoms with Gasteiger partial charge < -0.3 is 19.7 Å². The van der Waals surface area contributed by atoms with Gasteiger partial charge in [-0.1, -0.05) is 48.5 Å². The lowest BCUT2D eigenvalue weighted by molar-refractivity contribution is -0.253. The number of aliphatic carboxylic acids is 2. The molecule has 2 N–H and O–H groups in total. The van der Waals surface area contributed by atoms with Gasteiger partial charge in [-0.15, -0.1) is 0 Å². The van der Waals surface area contributed by atoms with E-state index in [0.29, 0.717) is 55.0 Å². The lowest BCUT2D eigenvalue weighted by Gasteiger charge is -2.73. The van der Waals surface area contributed by atoms with Crippen LogP contribution in [0.15, 0.2) is 0 Å². The summed E-state index contributed by atoms with van der Waals surface area (Å²) in [6.45, 7) is 17.7. The summed E-state index contributed by atoms with van der Waals surface area (Å²) in [7, 11) is 0. The van der Waals surface area contributed by atoms with Crippen LogP contribution >= 0.6 is 0 Å². The number of carboxylic acids is 2. The van der Waals surface area contributed by atoms with E-state index in [9.17, 15) is 19.2 Å². The zero-order chi connectivity index (χ0) is 35.3. The number of rotatable bonds is 12. The second kappa shape index (κ2) is 13.5. The van der Waals surface area contributed by atoms with Crippen molar-refractivity contribution < 1.29 is 38.9 Å².